The average Bonchev–Trinajstić information content (AvgIpc) is 2.55. The van der Waals surface area contributed by atoms with Gasteiger partial charge in [0.25, 0.3) is 5.91 Å². The highest BCUT2D eigenvalue weighted by Crippen LogP contribution is 2.24. The summed E-state index contributed by atoms with van der Waals surface area (Å²) in [5.74, 6) is -1.09. The molecule has 0 aliphatic rings. The number of hydrogen-bond acceptors (Lipinski definition) is 5. The minimum atomic E-state index is -0.785. The smallest absolute Gasteiger partial charge is 0.342 e. The molecule has 25 heavy (non-hydrogen) atoms. The highest BCUT2D eigenvalue weighted by atomic mass is 16.5. The summed E-state index contributed by atoms with van der Waals surface area (Å²) in [6, 6.07) is 8.13. The molecule has 2 aromatic rings. The first-order chi connectivity index (χ1) is 11.8. The Balaban J connectivity index is 1.99. The molecule has 6 heteroatoms. The van der Waals surface area contributed by atoms with Gasteiger partial charge in [-0.2, -0.15) is 0 Å². The average molecular weight is 343 g/mol. The van der Waals surface area contributed by atoms with Gasteiger partial charge in [-0.3, -0.25) is 4.79 Å². The largest absolute Gasteiger partial charge is 0.507 e. The summed E-state index contributed by atoms with van der Waals surface area (Å²) < 4.78 is 9.92. The number of methoxy groups -OCH3 is 1. The highest BCUT2D eigenvalue weighted by molar-refractivity contribution is 5.97. The molecule has 2 N–H and O–H groups in total. The Morgan fingerprint density at radius 1 is 1.08 bits per heavy atom. The molecular formula is C19H21NO5. The standard InChI is InChI=1S/C19H21NO5/c1-11-7-12(2)18(13(3)8-11)20-17(22)10-25-19(23)15-6-5-14(24-4)9-16(15)21/h5-9,21H,10H2,1-4H3,(H,20,22). The van der Waals surface area contributed by atoms with E-state index in [0.29, 0.717) is 11.4 Å². The Labute approximate surface area is 146 Å². The van der Waals surface area contributed by atoms with E-state index in [1.807, 2.05) is 32.9 Å². The maximum Gasteiger partial charge on any atom is 0.342 e. The minimum absolute atomic E-state index is 0.0312. The van der Waals surface area contributed by atoms with Crippen LogP contribution in [-0.4, -0.2) is 30.7 Å². The van der Waals surface area contributed by atoms with Crippen LogP contribution in [0.1, 0.15) is 27.0 Å². The molecule has 0 aromatic heterocycles. The second-order valence-electron chi connectivity index (χ2n) is 5.78. The van der Waals surface area contributed by atoms with Crippen LogP contribution in [0.3, 0.4) is 0 Å². The third kappa shape index (κ3) is 4.50. The number of hydrogen-bond donors (Lipinski definition) is 2. The fourth-order valence-electron chi connectivity index (χ4n) is 2.57. The van der Waals surface area contributed by atoms with Gasteiger partial charge in [-0.15, -0.1) is 0 Å². The maximum absolute atomic E-state index is 12.1. The van der Waals surface area contributed by atoms with Gasteiger partial charge in [0.1, 0.15) is 17.1 Å². The molecule has 0 saturated heterocycles. The van der Waals surface area contributed by atoms with Crippen molar-refractivity contribution < 1.29 is 24.2 Å². The van der Waals surface area contributed by atoms with E-state index < -0.39 is 18.5 Å². The van der Waals surface area contributed by atoms with E-state index in [1.54, 1.807) is 0 Å². The lowest BCUT2D eigenvalue weighted by Crippen LogP contribution is -2.22. The first-order valence-electron chi connectivity index (χ1n) is 7.73. The van der Waals surface area contributed by atoms with Crippen LogP contribution in [0, 0.1) is 20.8 Å². The number of nitrogens with one attached hydrogen (secondary N) is 1. The summed E-state index contributed by atoms with van der Waals surface area (Å²) >= 11 is 0. The summed E-state index contributed by atoms with van der Waals surface area (Å²) in [7, 11) is 1.45. The van der Waals surface area contributed by atoms with Crippen molar-refractivity contribution in [2.45, 2.75) is 20.8 Å². The zero-order valence-corrected chi connectivity index (χ0v) is 14.7. The molecule has 0 atom stereocenters. The van der Waals surface area contributed by atoms with Crippen LogP contribution in [0.15, 0.2) is 30.3 Å². The lowest BCUT2D eigenvalue weighted by molar-refractivity contribution is -0.119. The number of aromatic hydroxyl groups is 1. The normalized spacial score (nSPS) is 10.2. The van der Waals surface area contributed by atoms with E-state index in [0.717, 1.165) is 16.7 Å². The van der Waals surface area contributed by atoms with Crippen molar-refractivity contribution in [3.63, 3.8) is 0 Å². The quantitative estimate of drug-likeness (QED) is 0.815. The first-order valence-corrected chi connectivity index (χ1v) is 7.73. The molecular weight excluding hydrogens is 322 g/mol. The Kier molecular flexibility index (Phi) is 5.64. The highest BCUT2D eigenvalue weighted by Gasteiger charge is 2.16. The first kappa shape index (κ1) is 18.3. The minimum Gasteiger partial charge on any atom is -0.507 e. The summed E-state index contributed by atoms with van der Waals surface area (Å²) in [6.45, 7) is 5.33. The van der Waals surface area contributed by atoms with Gasteiger partial charge in [0.15, 0.2) is 6.61 Å². The summed E-state index contributed by atoms with van der Waals surface area (Å²) in [5, 5.41) is 12.6. The zero-order valence-electron chi connectivity index (χ0n) is 14.7. The molecule has 0 saturated carbocycles. The fraction of sp³-hybridized carbons (Fsp3) is 0.263. The van der Waals surface area contributed by atoms with Gasteiger partial charge in [0.05, 0.1) is 7.11 Å². The van der Waals surface area contributed by atoms with Gasteiger partial charge in [-0.1, -0.05) is 17.7 Å². The third-order valence-corrected chi connectivity index (χ3v) is 3.70. The molecule has 2 rings (SSSR count). The van der Waals surface area contributed by atoms with E-state index in [-0.39, 0.29) is 11.3 Å². The lowest BCUT2D eigenvalue weighted by atomic mass is 10.1. The van der Waals surface area contributed by atoms with Crippen LogP contribution in [0.5, 0.6) is 11.5 Å². The molecule has 0 bridgehead atoms. The number of anilines is 1. The Morgan fingerprint density at radius 2 is 1.72 bits per heavy atom. The van der Waals surface area contributed by atoms with Crippen molar-refractivity contribution >= 4 is 17.6 Å². The maximum atomic E-state index is 12.1. The molecule has 0 heterocycles. The van der Waals surface area contributed by atoms with Crippen LogP contribution >= 0.6 is 0 Å². The second-order valence-corrected chi connectivity index (χ2v) is 5.78. The van der Waals surface area contributed by atoms with Gasteiger partial charge >= 0.3 is 5.97 Å². The van der Waals surface area contributed by atoms with Gasteiger partial charge in [0, 0.05) is 11.8 Å². The SMILES string of the molecule is COc1ccc(C(=O)OCC(=O)Nc2c(C)cc(C)cc2C)c(O)c1. The van der Waals surface area contributed by atoms with Gasteiger partial charge in [-0.05, 0) is 44.0 Å². The number of ether oxygens (including phenoxy) is 2. The molecule has 6 nitrogen and oxygen atoms in total. The zero-order chi connectivity index (χ0) is 18.6. The molecule has 0 unspecified atom stereocenters. The van der Waals surface area contributed by atoms with E-state index >= 15 is 0 Å². The molecule has 132 valence electrons. The van der Waals surface area contributed by atoms with Crippen LogP contribution in [-0.2, 0) is 9.53 Å². The molecule has 0 spiro atoms. The van der Waals surface area contributed by atoms with Crippen LogP contribution < -0.4 is 10.1 Å². The Bertz CT molecular complexity index is 790. The molecule has 1 amide bonds. The van der Waals surface area contributed by atoms with Gasteiger partial charge in [-0.25, -0.2) is 4.79 Å². The number of aryl methyl sites for hydroxylation is 3. The topological polar surface area (TPSA) is 84.9 Å². The van der Waals surface area contributed by atoms with Crippen LogP contribution in [0.2, 0.25) is 0 Å². The van der Waals surface area contributed by atoms with Gasteiger partial charge < -0.3 is 19.9 Å². The van der Waals surface area contributed by atoms with Crippen molar-refractivity contribution in [1.82, 2.24) is 0 Å². The van der Waals surface area contributed by atoms with Crippen molar-refractivity contribution in [2.75, 3.05) is 19.0 Å². The van der Waals surface area contributed by atoms with Gasteiger partial charge in [0.2, 0.25) is 0 Å². The lowest BCUT2D eigenvalue weighted by Gasteiger charge is -2.13. The number of phenolic OH excluding ortho intramolecular Hbond substituents is 1. The Hall–Kier alpha value is -3.02. The monoisotopic (exact) mass is 343 g/mol. The number of benzene rings is 2. The number of phenols is 1. The van der Waals surface area contributed by atoms with Crippen molar-refractivity contribution in [1.29, 1.82) is 0 Å². The summed E-state index contributed by atoms with van der Waals surface area (Å²) in [5.41, 5.74) is 3.65. The predicted molar refractivity (Wildman–Crippen MR) is 94.2 cm³/mol. The molecule has 2 aromatic carbocycles. The number of esters is 1. The van der Waals surface area contributed by atoms with Crippen molar-refractivity contribution in [3.8, 4) is 11.5 Å². The van der Waals surface area contributed by atoms with Crippen LogP contribution in [0.4, 0.5) is 5.69 Å². The van der Waals surface area contributed by atoms with E-state index in [1.165, 1.54) is 25.3 Å². The van der Waals surface area contributed by atoms with E-state index in [9.17, 15) is 14.7 Å². The third-order valence-electron chi connectivity index (χ3n) is 3.70. The predicted octanol–water partition coefficient (Wildman–Crippen LogP) is 3.12. The van der Waals surface area contributed by atoms with Crippen LogP contribution in [0.25, 0.3) is 0 Å². The number of carbonyl (C=O) groups excluding carboxylic acids is 2. The Morgan fingerprint density at radius 3 is 2.28 bits per heavy atom. The number of amides is 1. The fourth-order valence-corrected chi connectivity index (χ4v) is 2.57. The summed E-state index contributed by atoms with van der Waals surface area (Å²) in [4.78, 5) is 24.0. The van der Waals surface area contributed by atoms with E-state index in [2.05, 4.69) is 5.32 Å². The van der Waals surface area contributed by atoms with Crippen molar-refractivity contribution in [3.05, 3.63) is 52.6 Å². The molecule has 0 aliphatic heterocycles. The number of carbonyl (C=O) groups is 2. The molecule has 0 fully saturated rings. The molecule has 0 aliphatic carbocycles. The molecule has 0 radical (unpaired) electrons. The van der Waals surface area contributed by atoms with E-state index in [4.69, 9.17) is 9.47 Å². The summed E-state index contributed by atoms with van der Waals surface area (Å²) in [6.07, 6.45) is 0. The number of rotatable bonds is 5. The second kappa shape index (κ2) is 7.70. The van der Waals surface area contributed by atoms with Crippen molar-refractivity contribution in [2.24, 2.45) is 0 Å².